The molecule has 0 aromatic heterocycles. The minimum absolute atomic E-state index is 0. The predicted octanol–water partition coefficient (Wildman–Crippen LogP) is -1.65. The zero-order valence-electron chi connectivity index (χ0n) is 10.5. The summed E-state index contributed by atoms with van der Waals surface area (Å²) in [7, 11) is 0. The molecule has 0 aliphatic rings. The molecule has 9 nitrogen and oxygen atoms in total. The van der Waals surface area contributed by atoms with E-state index in [0.29, 0.717) is 0 Å². The fourth-order valence-corrected chi connectivity index (χ4v) is 0. The van der Waals surface area contributed by atoms with Crippen LogP contribution < -0.4 is 0 Å². The largest absolute Gasteiger partial charge is 0.479 e. The minimum atomic E-state index is -1.23. The van der Waals surface area contributed by atoms with Crippen molar-refractivity contribution in [2.24, 2.45) is 0 Å². The van der Waals surface area contributed by atoms with Gasteiger partial charge in [0.25, 0.3) is 0 Å². The summed E-state index contributed by atoms with van der Waals surface area (Å²) in [6, 6.07) is 0. The quantitative estimate of drug-likeness (QED) is 0.318. The van der Waals surface area contributed by atoms with Gasteiger partial charge in [-0.15, -0.1) is 0 Å². The smallest absolute Gasteiger partial charge is 0.332 e. The van der Waals surface area contributed by atoms with Crippen molar-refractivity contribution in [1.29, 1.82) is 0 Å². The van der Waals surface area contributed by atoms with E-state index in [-0.39, 0.29) is 19.5 Å². The van der Waals surface area contributed by atoms with E-state index < -0.39 is 36.2 Å². The number of rotatable bonds is 3. The van der Waals surface area contributed by atoms with Gasteiger partial charge in [0.2, 0.25) is 0 Å². The van der Waals surface area contributed by atoms with Crippen molar-refractivity contribution in [3.8, 4) is 0 Å². The van der Waals surface area contributed by atoms with Gasteiger partial charge in [-0.2, -0.15) is 0 Å². The molecule has 0 aromatic carbocycles. The molecule has 0 saturated heterocycles. The van der Waals surface area contributed by atoms with Crippen molar-refractivity contribution >= 4 is 17.9 Å². The molecule has 0 radical (unpaired) electrons. The fourth-order valence-electron chi connectivity index (χ4n) is 0. The first-order valence-corrected chi connectivity index (χ1v) is 4.66. The number of hydrogen-bond acceptors (Lipinski definition) is 6. The molecular weight excluding hydrogens is 353 g/mol. The van der Waals surface area contributed by atoms with Crippen molar-refractivity contribution in [3.63, 3.8) is 0 Å². The topological polar surface area (TPSA) is 173 Å². The second-order valence-electron chi connectivity index (χ2n) is 3.04. The summed E-state index contributed by atoms with van der Waals surface area (Å²) in [5.41, 5.74) is 0. The number of aliphatic hydroxyl groups excluding tert-OH is 3. The van der Waals surface area contributed by atoms with Crippen molar-refractivity contribution in [2.45, 2.75) is 39.1 Å². The van der Waals surface area contributed by atoms with Crippen molar-refractivity contribution in [1.82, 2.24) is 0 Å². The molecule has 10 heteroatoms. The van der Waals surface area contributed by atoms with Crippen LogP contribution in [0.4, 0.5) is 0 Å². The van der Waals surface area contributed by atoms with Gasteiger partial charge in [0.05, 0.1) is 0 Å². The summed E-state index contributed by atoms with van der Waals surface area (Å²) in [5, 5.41) is 47.3. The molecule has 0 aliphatic heterocycles. The van der Waals surface area contributed by atoms with Gasteiger partial charge in [-0.1, -0.05) is 0 Å². The van der Waals surface area contributed by atoms with E-state index in [4.69, 9.17) is 30.6 Å². The maximum atomic E-state index is 9.45. The van der Waals surface area contributed by atoms with E-state index in [1.54, 1.807) is 0 Å². The van der Waals surface area contributed by atoms with Crippen LogP contribution in [0.25, 0.3) is 0 Å². The van der Waals surface area contributed by atoms with Crippen LogP contribution in [0.1, 0.15) is 20.8 Å². The molecular formula is C9H18O9Ru. The van der Waals surface area contributed by atoms with Gasteiger partial charge >= 0.3 is 17.9 Å². The fraction of sp³-hybridized carbons (Fsp3) is 0.667. The molecule has 0 fully saturated rings. The predicted molar refractivity (Wildman–Crippen MR) is 57.9 cm³/mol. The average Bonchev–Trinajstić information content (AvgIpc) is 2.18. The molecule has 0 bridgehead atoms. The van der Waals surface area contributed by atoms with Crippen LogP contribution in [-0.2, 0) is 33.9 Å². The van der Waals surface area contributed by atoms with Crippen LogP contribution in [0.5, 0.6) is 0 Å². The molecule has 0 aromatic rings. The summed E-state index contributed by atoms with van der Waals surface area (Å²) in [6.07, 6.45) is -3.69. The van der Waals surface area contributed by atoms with Gasteiger partial charge in [0.1, 0.15) is 18.3 Å². The molecule has 3 atom stereocenters. The van der Waals surface area contributed by atoms with Gasteiger partial charge in [0, 0.05) is 19.5 Å². The number of carboxylic acids is 3. The zero-order chi connectivity index (χ0) is 15.5. The van der Waals surface area contributed by atoms with Crippen LogP contribution >= 0.6 is 0 Å². The Hall–Kier alpha value is -1.09. The van der Waals surface area contributed by atoms with Gasteiger partial charge in [-0.25, -0.2) is 14.4 Å². The van der Waals surface area contributed by atoms with Crippen molar-refractivity contribution in [3.05, 3.63) is 0 Å². The Bertz CT molecular complexity index is 220. The monoisotopic (exact) mass is 372 g/mol. The SMILES string of the molecule is CC(O)C(=O)O.CC(O)C(=O)O.CC(O)C(=O)O.[Ru]. The van der Waals surface area contributed by atoms with Crippen LogP contribution in [-0.4, -0.2) is 66.9 Å². The number of aliphatic carboxylic acids is 3. The third-order valence-electron chi connectivity index (χ3n) is 1.07. The van der Waals surface area contributed by atoms with E-state index in [0.717, 1.165) is 0 Å². The Morgan fingerprint density at radius 2 is 0.684 bits per heavy atom. The number of aliphatic hydroxyl groups is 3. The standard InChI is InChI=1S/3C3H6O3.Ru/c3*1-2(4)3(5)6;/h3*2,4H,1H3,(H,5,6);. The van der Waals surface area contributed by atoms with Crippen LogP contribution in [0, 0.1) is 0 Å². The number of carboxylic acid groups (broad SMARTS) is 3. The number of hydrogen-bond donors (Lipinski definition) is 6. The molecule has 0 spiro atoms. The summed E-state index contributed by atoms with van der Waals surface area (Å²) in [5.74, 6) is -3.56. The molecule has 0 saturated carbocycles. The minimum Gasteiger partial charge on any atom is -0.479 e. The summed E-state index contributed by atoms with van der Waals surface area (Å²) >= 11 is 0. The molecule has 0 amide bonds. The van der Waals surface area contributed by atoms with E-state index in [1.807, 2.05) is 0 Å². The molecule has 0 aliphatic carbocycles. The Kier molecular flexibility index (Phi) is 20.9. The normalized spacial score (nSPS) is 12.9. The van der Waals surface area contributed by atoms with Gasteiger partial charge in [0.15, 0.2) is 0 Å². The second kappa shape index (κ2) is 15.0. The molecule has 0 heterocycles. The number of carbonyl (C=O) groups is 3. The van der Waals surface area contributed by atoms with Gasteiger partial charge in [-0.05, 0) is 20.8 Å². The molecule has 0 rings (SSSR count). The Balaban J connectivity index is -0.0000000865. The maximum absolute atomic E-state index is 9.45. The summed E-state index contributed by atoms with van der Waals surface area (Å²) < 4.78 is 0. The summed E-state index contributed by atoms with van der Waals surface area (Å²) in [6.45, 7) is 3.59. The zero-order valence-corrected chi connectivity index (χ0v) is 12.2. The molecule has 19 heavy (non-hydrogen) atoms. The molecule has 116 valence electrons. The first-order valence-electron chi connectivity index (χ1n) is 4.66. The average molecular weight is 371 g/mol. The Morgan fingerprint density at radius 3 is 0.684 bits per heavy atom. The van der Waals surface area contributed by atoms with Crippen molar-refractivity contribution in [2.75, 3.05) is 0 Å². The third kappa shape index (κ3) is 31.6. The van der Waals surface area contributed by atoms with Crippen molar-refractivity contribution < 1.29 is 64.5 Å². The van der Waals surface area contributed by atoms with Crippen LogP contribution in [0.15, 0.2) is 0 Å². The Morgan fingerprint density at radius 1 is 0.632 bits per heavy atom. The Labute approximate surface area is 122 Å². The van der Waals surface area contributed by atoms with Gasteiger partial charge in [-0.3, -0.25) is 0 Å². The molecule has 3 unspecified atom stereocenters. The van der Waals surface area contributed by atoms with Crippen LogP contribution in [0.3, 0.4) is 0 Å². The maximum Gasteiger partial charge on any atom is 0.332 e. The van der Waals surface area contributed by atoms with E-state index in [2.05, 4.69) is 0 Å². The van der Waals surface area contributed by atoms with E-state index >= 15 is 0 Å². The molecule has 6 N–H and O–H groups in total. The van der Waals surface area contributed by atoms with E-state index in [9.17, 15) is 14.4 Å². The first-order chi connectivity index (χ1) is 7.93. The first kappa shape index (κ1) is 26.5. The van der Waals surface area contributed by atoms with E-state index in [1.165, 1.54) is 20.8 Å². The second-order valence-corrected chi connectivity index (χ2v) is 3.04. The van der Waals surface area contributed by atoms with Crippen LogP contribution in [0.2, 0.25) is 0 Å². The van der Waals surface area contributed by atoms with Gasteiger partial charge < -0.3 is 30.6 Å². The summed E-state index contributed by atoms with van der Waals surface area (Å²) in [4.78, 5) is 28.3. The third-order valence-corrected chi connectivity index (χ3v) is 1.07.